The molecule has 18 heavy (non-hydrogen) atoms. The van der Waals surface area contributed by atoms with E-state index < -0.39 is 0 Å². The number of hydrogen-bond donors (Lipinski definition) is 1. The van der Waals surface area contributed by atoms with Crippen LogP contribution in [0.4, 0.5) is 4.39 Å². The Morgan fingerprint density at radius 2 is 2.17 bits per heavy atom. The van der Waals surface area contributed by atoms with Gasteiger partial charge in [-0.15, -0.1) is 11.3 Å². The van der Waals surface area contributed by atoms with E-state index in [1.54, 1.807) is 11.3 Å². The minimum Gasteiger partial charge on any atom is -0.305 e. The third-order valence-electron chi connectivity index (χ3n) is 2.98. The van der Waals surface area contributed by atoms with Gasteiger partial charge in [-0.3, -0.25) is 0 Å². The molecule has 0 radical (unpaired) electrons. The van der Waals surface area contributed by atoms with Crippen molar-refractivity contribution >= 4 is 27.3 Å². The number of nitrogens with one attached hydrogen (secondary N) is 1. The number of benzene rings is 1. The molecule has 0 aliphatic carbocycles. The van der Waals surface area contributed by atoms with Crippen LogP contribution in [0, 0.1) is 12.7 Å². The van der Waals surface area contributed by atoms with Crippen LogP contribution in [0.5, 0.6) is 0 Å². The van der Waals surface area contributed by atoms with Gasteiger partial charge in [-0.1, -0.05) is 6.07 Å². The molecule has 2 rings (SSSR count). The Hall–Kier alpha value is -0.710. The molecular weight excluding hydrogens is 313 g/mol. The minimum absolute atomic E-state index is 0.198. The molecule has 1 N–H and O–H groups in total. The highest BCUT2D eigenvalue weighted by molar-refractivity contribution is 9.10. The van der Waals surface area contributed by atoms with E-state index in [0.717, 1.165) is 12.1 Å². The van der Waals surface area contributed by atoms with Gasteiger partial charge in [-0.25, -0.2) is 4.39 Å². The molecule has 2 aromatic rings. The van der Waals surface area contributed by atoms with Crippen molar-refractivity contribution in [1.82, 2.24) is 5.32 Å². The van der Waals surface area contributed by atoms with Gasteiger partial charge in [0.1, 0.15) is 5.82 Å². The van der Waals surface area contributed by atoms with Gasteiger partial charge >= 0.3 is 0 Å². The Morgan fingerprint density at radius 3 is 2.78 bits per heavy atom. The van der Waals surface area contributed by atoms with E-state index in [0.29, 0.717) is 4.47 Å². The van der Waals surface area contributed by atoms with E-state index >= 15 is 0 Å². The van der Waals surface area contributed by atoms with Crippen LogP contribution in [0.25, 0.3) is 0 Å². The van der Waals surface area contributed by atoms with Crippen molar-refractivity contribution in [3.05, 3.63) is 55.9 Å². The summed E-state index contributed by atoms with van der Waals surface area (Å²) < 4.78 is 13.7. The molecule has 0 saturated heterocycles. The van der Waals surface area contributed by atoms with Crippen LogP contribution in [0.15, 0.2) is 34.1 Å². The fraction of sp³-hybridized carbons (Fsp3) is 0.286. The molecule has 0 saturated carbocycles. The van der Waals surface area contributed by atoms with Crippen molar-refractivity contribution in [2.24, 2.45) is 0 Å². The molecule has 1 atom stereocenters. The van der Waals surface area contributed by atoms with Crippen molar-refractivity contribution < 1.29 is 4.39 Å². The monoisotopic (exact) mass is 327 g/mol. The molecule has 0 amide bonds. The highest BCUT2D eigenvalue weighted by Crippen LogP contribution is 2.22. The number of thiophene rings is 1. The van der Waals surface area contributed by atoms with E-state index in [2.05, 4.69) is 46.5 Å². The Bertz CT molecular complexity index is 538. The molecular formula is C14H15BrFNS. The molecule has 1 aromatic carbocycles. The van der Waals surface area contributed by atoms with Crippen LogP contribution in [-0.2, 0) is 6.54 Å². The first kappa shape index (κ1) is 13.7. The maximum absolute atomic E-state index is 13.2. The van der Waals surface area contributed by atoms with E-state index in [1.165, 1.54) is 16.5 Å². The lowest BCUT2D eigenvalue weighted by atomic mass is 10.1. The number of rotatable bonds is 4. The lowest BCUT2D eigenvalue weighted by Gasteiger charge is -2.14. The second kappa shape index (κ2) is 5.95. The van der Waals surface area contributed by atoms with Crippen LogP contribution in [0.2, 0.25) is 0 Å². The SMILES string of the molecule is Cc1ccsc1CNC(C)c1ccc(F)c(Br)c1. The predicted octanol–water partition coefficient (Wildman–Crippen LogP) is 4.81. The number of aryl methyl sites for hydroxylation is 1. The topological polar surface area (TPSA) is 12.0 Å². The van der Waals surface area contributed by atoms with Gasteiger partial charge in [0.15, 0.2) is 0 Å². The van der Waals surface area contributed by atoms with Gasteiger partial charge in [-0.05, 0) is 64.5 Å². The Balaban J connectivity index is 2.01. The molecule has 4 heteroatoms. The average molecular weight is 328 g/mol. The molecule has 1 nitrogen and oxygen atoms in total. The third-order valence-corrected chi connectivity index (χ3v) is 4.61. The van der Waals surface area contributed by atoms with Gasteiger partial charge in [0, 0.05) is 17.5 Å². The lowest BCUT2D eigenvalue weighted by Crippen LogP contribution is -2.17. The summed E-state index contributed by atoms with van der Waals surface area (Å²) in [4.78, 5) is 1.35. The van der Waals surface area contributed by atoms with Gasteiger partial charge < -0.3 is 5.32 Å². The maximum Gasteiger partial charge on any atom is 0.137 e. The minimum atomic E-state index is -0.222. The summed E-state index contributed by atoms with van der Waals surface area (Å²) in [6, 6.07) is 7.46. The van der Waals surface area contributed by atoms with E-state index in [9.17, 15) is 4.39 Å². The predicted molar refractivity (Wildman–Crippen MR) is 78.4 cm³/mol. The normalized spacial score (nSPS) is 12.7. The Morgan fingerprint density at radius 1 is 1.39 bits per heavy atom. The van der Waals surface area contributed by atoms with Crippen molar-refractivity contribution in [3.63, 3.8) is 0 Å². The fourth-order valence-electron chi connectivity index (χ4n) is 1.73. The largest absolute Gasteiger partial charge is 0.305 e. The molecule has 1 unspecified atom stereocenters. The Kier molecular flexibility index (Phi) is 4.54. The second-order valence-corrected chi connectivity index (χ2v) is 6.16. The highest BCUT2D eigenvalue weighted by atomic mass is 79.9. The zero-order valence-electron chi connectivity index (χ0n) is 10.3. The van der Waals surface area contributed by atoms with E-state index in [1.807, 2.05) is 12.1 Å². The summed E-state index contributed by atoms with van der Waals surface area (Å²) in [5.41, 5.74) is 2.40. The molecule has 96 valence electrons. The standard InChI is InChI=1S/C14H15BrFNS/c1-9-5-6-18-14(9)8-17-10(2)11-3-4-13(16)12(15)7-11/h3-7,10,17H,8H2,1-2H3. The molecule has 0 bridgehead atoms. The van der Waals surface area contributed by atoms with Gasteiger partial charge in [-0.2, -0.15) is 0 Å². The van der Waals surface area contributed by atoms with E-state index in [-0.39, 0.29) is 11.9 Å². The first-order chi connectivity index (χ1) is 8.58. The third kappa shape index (κ3) is 3.19. The van der Waals surface area contributed by atoms with Gasteiger partial charge in [0.05, 0.1) is 4.47 Å². The first-order valence-corrected chi connectivity index (χ1v) is 7.46. The molecule has 0 spiro atoms. The van der Waals surface area contributed by atoms with Crippen LogP contribution >= 0.6 is 27.3 Å². The maximum atomic E-state index is 13.2. The summed E-state index contributed by atoms with van der Waals surface area (Å²) in [5, 5.41) is 5.56. The number of halogens is 2. The van der Waals surface area contributed by atoms with E-state index in [4.69, 9.17) is 0 Å². The fourth-order valence-corrected chi connectivity index (χ4v) is 2.98. The average Bonchev–Trinajstić information content (AvgIpc) is 2.75. The van der Waals surface area contributed by atoms with Crippen molar-refractivity contribution in [2.75, 3.05) is 0 Å². The molecule has 0 aliphatic heterocycles. The molecule has 1 aromatic heterocycles. The zero-order chi connectivity index (χ0) is 13.1. The van der Waals surface area contributed by atoms with Crippen molar-refractivity contribution in [3.8, 4) is 0 Å². The van der Waals surface area contributed by atoms with Gasteiger partial charge in [0.25, 0.3) is 0 Å². The summed E-state index contributed by atoms with van der Waals surface area (Å²) in [6.07, 6.45) is 0. The summed E-state index contributed by atoms with van der Waals surface area (Å²) >= 11 is 4.98. The molecule has 0 fully saturated rings. The second-order valence-electron chi connectivity index (χ2n) is 4.30. The summed E-state index contributed by atoms with van der Waals surface area (Å²) in [5.74, 6) is -0.222. The smallest absolute Gasteiger partial charge is 0.137 e. The lowest BCUT2D eigenvalue weighted by molar-refractivity contribution is 0.572. The molecule has 0 aliphatic rings. The zero-order valence-corrected chi connectivity index (χ0v) is 12.7. The number of hydrogen-bond acceptors (Lipinski definition) is 2. The van der Waals surface area contributed by atoms with Crippen LogP contribution in [-0.4, -0.2) is 0 Å². The highest BCUT2D eigenvalue weighted by Gasteiger charge is 2.08. The van der Waals surface area contributed by atoms with Crippen LogP contribution in [0.3, 0.4) is 0 Å². The first-order valence-electron chi connectivity index (χ1n) is 5.79. The van der Waals surface area contributed by atoms with Crippen LogP contribution < -0.4 is 5.32 Å². The van der Waals surface area contributed by atoms with Crippen molar-refractivity contribution in [1.29, 1.82) is 0 Å². The quantitative estimate of drug-likeness (QED) is 0.849. The van der Waals surface area contributed by atoms with Gasteiger partial charge in [0.2, 0.25) is 0 Å². The van der Waals surface area contributed by atoms with Crippen molar-refractivity contribution in [2.45, 2.75) is 26.4 Å². The summed E-state index contributed by atoms with van der Waals surface area (Å²) in [6.45, 7) is 5.05. The van der Waals surface area contributed by atoms with Crippen LogP contribution in [0.1, 0.15) is 29.0 Å². The molecule has 1 heterocycles. The summed E-state index contributed by atoms with van der Waals surface area (Å²) in [7, 11) is 0. The Labute approximate surface area is 119 Å².